The predicted molar refractivity (Wildman–Crippen MR) is 186 cm³/mol. The third-order valence-electron chi connectivity index (χ3n) is 8.40. The molecule has 17 nitrogen and oxygen atoms in total. The number of thioether (sulfide) groups is 1. The molecule has 5 unspecified atom stereocenters. The maximum Gasteiger partial charge on any atom is 0.303 e. The Hall–Kier alpha value is -3.65. The number of unbranched alkanes of at least 4 members (excludes halogenated alkanes) is 2. The number of rotatable bonds is 16. The highest BCUT2D eigenvalue weighted by Crippen LogP contribution is 2.38. The third-order valence-corrected chi connectivity index (χ3v) is 9.30. The zero-order chi connectivity index (χ0) is 39.4. The highest BCUT2D eigenvalue weighted by Gasteiger charge is 2.57. The van der Waals surface area contributed by atoms with Gasteiger partial charge in [-0.3, -0.25) is 28.8 Å². The first-order chi connectivity index (χ1) is 25.7. The van der Waals surface area contributed by atoms with Crippen molar-refractivity contribution in [1.29, 1.82) is 0 Å². The second-order valence-electron chi connectivity index (χ2n) is 12.9. The molecule has 3 saturated heterocycles. The quantitative estimate of drug-likeness (QED) is 0.145. The van der Waals surface area contributed by atoms with Crippen molar-refractivity contribution < 1.29 is 76.1 Å². The van der Waals surface area contributed by atoms with E-state index >= 15 is 0 Å². The molecule has 1 N–H and O–H groups in total. The van der Waals surface area contributed by atoms with Gasteiger partial charge < -0.3 is 52.7 Å². The number of hydrogen-bond donors (Lipinski definition) is 1. The van der Waals surface area contributed by atoms with Gasteiger partial charge in [0, 0.05) is 59.5 Å². The van der Waals surface area contributed by atoms with E-state index in [4.69, 9.17) is 47.4 Å². The SMILES string of the molecule is CC(=O)NC1[C@@H](OCCCCCSC(C)=O)OC2COC(c3ccccc3)O[C@@H]2[C@@H]1O[C@@H]1OC(COC(C)=O)[C@H](OC(C)=O)C(OC(C)=O)[C@@H]1OC(C)=O. The Kier molecular flexibility index (Phi) is 16.7. The van der Waals surface area contributed by atoms with Crippen LogP contribution in [0.3, 0.4) is 0 Å². The van der Waals surface area contributed by atoms with Crippen LogP contribution in [0.1, 0.15) is 72.7 Å². The van der Waals surface area contributed by atoms with Gasteiger partial charge in [0.2, 0.25) is 5.91 Å². The van der Waals surface area contributed by atoms with Crippen LogP contribution < -0.4 is 5.32 Å². The van der Waals surface area contributed by atoms with Gasteiger partial charge in [-0.1, -0.05) is 48.5 Å². The Bertz CT molecular complexity index is 1450. The van der Waals surface area contributed by atoms with E-state index in [1.54, 1.807) is 0 Å². The molecule has 0 aliphatic carbocycles. The number of esters is 4. The maximum atomic E-state index is 12.7. The predicted octanol–water partition coefficient (Wildman–Crippen LogP) is 2.27. The zero-order valence-electron chi connectivity index (χ0n) is 31.1. The van der Waals surface area contributed by atoms with E-state index < -0.39 is 104 Å². The molecular weight excluding hydrogens is 734 g/mol. The van der Waals surface area contributed by atoms with Gasteiger partial charge in [-0.25, -0.2) is 0 Å². The van der Waals surface area contributed by atoms with Crippen LogP contribution in [-0.2, 0) is 76.1 Å². The minimum Gasteiger partial charge on any atom is -0.463 e. The van der Waals surface area contributed by atoms with Crippen LogP contribution in [0.2, 0.25) is 0 Å². The molecule has 54 heavy (non-hydrogen) atoms. The highest BCUT2D eigenvalue weighted by molar-refractivity contribution is 8.13. The first kappa shape index (κ1) is 43.1. The number of carbonyl (C=O) groups is 6. The summed E-state index contributed by atoms with van der Waals surface area (Å²) in [4.78, 5) is 73.1. The minimum absolute atomic E-state index is 0.0254. The second-order valence-corrected chi connectivity index (χ2v) is 14.2. The lowest BCUT2D eigenvalue weighted by atomic mass is 9.94. The number of carbonyl (C=O) groups excluding carboxylic acids is 6. The van der Waals surface area contributed by atoms with Gasteiger partial charge in [-0.2, -0.15) is 0 Å². The summed E-state index contributed by atoms with van der Waals surface area (Å²) in [5.74, 6) is -2.87. The van der Waals surface area contributed by atoms with Gasteiger partial charge >= 0.3 is 23.9 Å². The number of hydrogen-bond acceptors (Lipinski definition) is 17. The molecule has 0 saturated carbocycles. The van der Waals surface area contributed by atoms with Crippen molar-refractivity contribution in [3.05, 3.63) is 35.9 Å². The summed E-state index contributed by atoms with van der Waals surface area (Å²) in [6, 6.07) is 8.05. The first-order valence-electron chi connectivity index (χ1n) is 17.7. The van der Waals surface area contributed by atoms with E-state index in [-0.39, 0.29) is 18.3 Å². The topological polar surface area (TPSA) is 207 Å². The van der Waals surface area contributed by atoms with Crippen molar-refractivity contribution in [1.82, 2.24) is 5.32 Å². The lowest BCUT2D eigenvalue weighted by Gasteiger charge is -2.51. The number of amides is 1. The molecule has 1 aromatic carbocycles. The van der Waals surface area contributed by atoms with E-state index in [0.717, 1.165) is 33.6 Å². The molecule has 0 spiro atoms. The molecule has 0 bridgehead atoms. The fourth-order valence-electron chi connectivity index (χ4n) is 6.29. The van der Waals surface area contributed by atoms with E-state index in [1.165, 1.54) is 32.5 Å². The molecule has 3 aliphatic rings. The average Bonchev–Trinajstić information content (AvgIpc) is 3.10. The standard InChI is InChI=1S/C36H49NO16S/c1-19(38)37-28-31(53-36-33(49-23(5)42)32(48-22(4)41)30(47-21(3)40)26(51-36)17-45-20(2)39)29-27(18-46-34(52-29)25-13-9-7-10-14-25)50-35(28)44-15-11-8-12-16-54-24(6)43/h7,9-10,13-14,26-36H,8,11-12,15-18H2,1-6H3,(H,37,38)/t26?,27?,28?,29-,30-,31+,32?,33-,34?,35-,36-/m0/s1. The zero-order valence-corrected chi connectivity index (χ0v) is 31.9. The molecular formula is C36H49NO16S. The summed E-state index contributed by atoms with van der Waals surface area (Å²) in [6.07, 6.45) is -10.1. The van der Waals surface area contributed by atoms with Crippen LogP contribution in [-0.4, -0.2) is 122 Å². The summed E-state index contributed by atoms with van der Waals surface area (Å²) in [5.41, 5.74) is 0.694. The largest absolute Gasteiger partial charge is 0.463 e. The van der Waals surface area contributed by atoms with Crippen molar-refractivity contribution in [2.75, 3.05) is 25.6 Å². The van der Waals surface area contributed by atoms with Crippen molar-refractivity contribution in [3.8, 4) is 0 Å². The monoisotopic (exact) mass is 783 g/mol. The number of benzene rings is 1. The molecule has 18 heteroatoms. The molecule has 1 aromatic rings. The van der Waals surface area contributed by atoms with Crippen LogP contribution in [0.5, 0.6) is 0 Å². The normalized spacial score (nSPS) is 30.6. The van der Waals surface area contributed by atoms with Gasteiger partial charge in [0.15, 0.2) is 42.3 Å². The lowest BCUT2D eigenvalue weighted by molar-refractivity contribution is -0.378. The number of ether oxygens (including phenoxy) is 10. The second kappa shape index (κ2) is 20.9. The van der Waals surface area contributed by atoms with Crippen LogP contribution in [0.4, 0.5) is 0 Å². The average molecular weight is 784 g/mol. The van der Waals surface area contributed by atoms with E-state index in [2.05, 4.69) is 5.32 Å². The minimum atomic E-state index is -1.59. The fourth-order valence-corrected chi connectivity index (χ4v) is 6.93. The van der Waals surface area contributed by atoms with Crippen molar-refractivity contribution in [2.45, 2.75) is 128 Å². The molecule has 3 heterocycles. The van der Waals surface area contributed by atoms with E-state index in [0.29, 0.717) is 17.7 Å². The lowest BCUT2D eigenvalue weighted by Crippen LogP contribution is -2.70. The Labute approximate surface area is 317 Å². The van der Waals surface area contributed by atoms with Crippen LogP contribution in [0, 0.1) is 0 Å². The number of fused-ring (bicyclic) bond motifs is 1. The van der Waals surface area contributed by atoms with Gasteiger partial charge in [-0.15, -0.1) is 0 Å². The van der Waals surface area contributed by atoms with Gasteiger partial charge in [0.05, 0.1) is 6.61 Å². The smallest absolute Gasteiger partial charge is 0.303 e. The molecule has 3 aliphatic heterocycles. The molecule has 3 fully saturated rings. The van der Waals surface area contributed by atoms with Crippen molar-refractivity contribution in [2.24, 2.45) is 0 Å². The summed E-state index contributed by atoms with van der Waals surface area (Å²) in [5, 5.41) is 2.90. The summed E-state index contributed by atoms with van der Waals surface area (Å²) >= 11 is 1.25. The third kappa shape index (κ3) is 12.7. The van der Waals surface area contributed by atoms with Crippen molar-refractivity contribution in [3.63, 3.8) is 0 Å². The Balaban J connectivity index is 1.71. The fraction of sp³-hybridized carbons (Fsp3) is 0.667. The van der Waals surface area contributed by atoms with Crippen molar-refractivity contribution >= 4 is 46.7 Å². The summed E-state index contributed by atoms with van der Waals surface area (Å²) < 4.78 is 59.9. The van der Waals surface area contributed by atoms with Crippen LogP contribution in [0.25, 0.3) is 0 Å². The maximum absolute atomic E-state index is 12.7. The summed E-state index contributed by atoms with van der Waals surface area (Å²) in [6.45, 7) is 7.12. The van der Waals surface area contributed by atoms with E-state index in [9.17, 15) is 28.8 Å². The van der Waals surface area contributed by atoms with Gasteiger partial charge in [0.1, 0.15) is 37.1 Å². The first-order valence-corrected chi connectivity index (χ1v) is 18.7. The van der Waals surface area contributed by atoms with Crippen LogP contribution >= 0.6 is 11.8 Å². The van der Waals surface area contributed by atoms with Gasteiger partial charge in [-0.05, 0) is 12.8 Å². The van der Waals surface area contributed by atoms with Gasteiger partial charge in [0.25, 0.3) is 0 Å². The highest BCUT2D eigenvalue weighted by atomic mass is 32.2. The molecule has 1 amide bonds. The molecule has 300 valence electrons. The summed E-state index contributed by atoms with van der Waals surface area (Å²) in [7, 11) is 0. The molecule has 0 radical (unpaired) electrons. The Morgan fingerprint density at radius 3 is 2.04 bits per heavy atom. The molecule has 0 aromatic heterocycles. The number of nitrogens with one attached hydrogen (secondary N) is 1. The Morgan fingerprint density at radius 2 is 1.41 bits per heavy atom. The molecule has 4 rings (SSSR count). The van der Waals surface area contributed by atoms with E-state index in [1.807, 2.05) is 30.3 Å². The van der Waals surface area contributed by atoms with Crippen LogP contribution in [0.15, 0.2) is 30.3 Å². The molecule has 11 atom stereocenters. The Morgan fingerprint density at radius 1 is 0.741 bits per heavy atom.